The maximum atomic E-state index is 12.0. The lowest BCUT2D eigenvalue weighted by Crippen LogP contribution is -2.41. The van der Waals surface area contributed by atoms with Crippen molar-refractivity contribution in [2.75, 3.05) is 24.5 Å². The van der Waals surface area contributed by atoms with E-state index >= 15 is 0 Å². The molecule has 6 heteroatoms. The number of fused-ring (bicyclic) bond motifs is 1. The van der Waals surface area contributed by atoms with Crippen LogP contribution in [0.4, 0.5) is 5.69 Å². The standard InChI is InChI=1S/C14H17BrN2O3/c1-2-5-16-7-10(18)8-17-12-6-9(15)3-4-11(12)13(19)14(17)20/h3-4,6,10,16,18H,2,5,7-8H2,1H3. The van der Waals surface area contributed by atoms with E-state index in [1.165, 1.54) is 4.90 Å². The number of benzene rings is 1. The number of amides is 1. The smallest absolute Gasteiger partial charge is 0.299 e. The number of anilines is 1. The summed E-state index contributed by atoms with van der Waals surface area (Å²) in [6.07, 6.45) is 0.270. The molecular weight excluding hydrogens is 324 g/mol. The van der Waals surface area contributed by atoms with Crippen LogP contribution in [0, 0.1) is 0 Å². The second-order valence-electron chi connectivity index (χ2n) is 4.76. The Morgan fingerprint density at radius 2 is 2.15 bits per heavy atom. The van der Waals surface area contributed by atoms with Crippen LogP contribution >= 0.6 is 15.9 Å². The molecule has 0 aromatic heterocycles. The van der Waals surface area contributed by atoms with E-state index in [1.807, 2.05) is 6.92 Å². The Balaban J connectivity index is 2.11. The number of aliphatic hydroxyl groups is 1. The molecule has 108 valence electrons. The third-order valence-corrected chi connectivity index (χ3v) is 3.63. The fraction of sp³-hybridized carbons (Fsp3) is 0.429. The molecule has 5 nitrogen and oxygen atoms in total. The summed E-state index contributed by atoms with van der Waals surface area (Å²) in [5.74, 6) is -1.09. The van der Waals surface area contributed by atoms with Gasteiger partial charge in [-0.25, -0.2) is 0 Å². The number of rotatable bonds is 6. The number of β-amino-alcohol motifs (C(OH)–C–C–N with tert-alkyl or cyclic N) is 1. The van der Waals surface area contributed by atoms with Gasteiger partial charge in [0.05, 0.1) is 23.9 Å². The SMILES string of the molecule is CCCNCC(O)CN1C(=O)C(=O)c2ccc(Br)cc21. The third kappa shape index (κ3) is 3.08. The van der Waals surface area contributed by atoms with Crippen molar-refractivity contribution in [1.82, 2.24) is 5.32 Å². The zero-order valence-electron chi connectivity index (χ0n) is 11.2. The zero-order chi connectivity index (χ0) is 14.7. The highest BCUT2D eigenvalue weighted by atomic mass is 79.9. The highest BCUT2D eigenvalue weighted by molar-refractivity contribution is 9.10. The van der Waals surface area contributed by atoms with Crippen molar-refractivity contribution in [1.29, 1.82) is 0 Å². The van der Waals surface area contributed by atoms with Gasteiger partial charge in [-0.3, -0.25) is 9.59 Å². The highest BCUT2D eigenvalue weighted by Crippen LogP contribution is 2.31. The van der Waals surface area contributed by atoms with Gasteiger partial charge in [0.1, 0.15) is 0 Å². The van der Waals surface area contributed by atoms with Crippen molar-refractivity contribution in [3.05, 3.63) is 28.2 Å². The molecule has 1 amide bonds. The molecule has 2 rings (SSSR count). The summed E-state index contributed by atoms with van der Waals surface area (Å²) in [6, 6.07) is 5.08. The lowest BCUT2D eigenvalue weighted by atomic mass is 10.1. The topological polar surface area (TPSA) is 69.6 Å². The van der Waals surface area contributed by atoms with E-state index in [4.69, 9.17) is 0 Å². The summed E-state index contributed by atoms with van der Waals surface area (Å²) < 4.78 is 0.794. The molecule has 1 heterocycles. The maximum absolute atomic E-state index is 12.0. The van der Waals surface area contributed by atoms with Gasteiger partial charge in [0.15, 0.2) is 0 Å². The summed E-state index contributed by atoms with van der Waals surface area (Å²) in [6.45, 7) is 3.36. The first-order chi connectivity index (χ1) is 9.54. The Morgan fingerprint density at radius 1 is 1.40 bits per heavy atom. The van der Waals surface area contributed by atoms with Crippen LogP contribution in [0.25, 0.3) is 0 Å². The fourth-order valence-corrected chi connectivity index (χ4v) is 2.52. The van der Waals surface area contributed by atoms with Crippen molar-refractivity contribution in [2.45, 2.75) is 19.4 Å². The summed E-state index contributed by atoms with van der Waals surface area (Å²) in [5, 5.41) is 13.0. The van der Waals surface area contributed by atoms with Gasteiger partial charge < -0.3 is 15.3 Å². The van der Waals surface area contributed by atoms with E-state index < -0.39 is 17.8 Å². The van der Waals surface area contributed by atoms with E-state index in [0.29, 0.717) is 17.8 Å². The summed E-state index contributed by atoms with van der Waals surface area (Å²) >= 11 is 3.33. The second kappa shape index (κ2) is 6.47. The molecule has 0 aliphatic carbocycles. The van der Waals surface area contributed by atoms with Gasteiger partial charge in [0.2, 0.25) is 0 Å². The molecule has 1 aliphatic rings. The number of Topliss-reactive ketones (excluding diaryl/α,β-unsaturated/α-hetero) is 1. The molecule has 0 radical (unpaired) electrons. The lowest BCUT2D eigenvalue weighted by Gasteiger charge is -2.20. The van der Waals surface area contributed by atoms with Gasteiger partial charge in [-0.05, 0) is 31.2 Å². The lowest BCUT2D eigenvalue weighted by molar-refractivity contribution is -0.114. The number of hydrogen-bond acceptors (Lipinski definition) is 4. The van der Waals surface area contributed by atoms with Crippen LogP contribution in [-0.2, 0) is 4.79 Å². The monoisotopic (exact) mass is 340 g/mol. The van der Waals surface area contributed by atoms with Crippen LogP contribution in [0.5, 0.6) is 0 Å². The van der Waals surface area contributed by atoms with E-state index in [9.17, 15) is 14.7 Å². The van der Waals surface area contributed by atoms with Gasteiger partial charge >= 0.3 is 0 Å². The predicted octanol–water partition coefficient (Wildman–Crippen LogP) is 1.34. The van der Waals surface area contributed by atoms with Crippen LogP contribution in [0.3, 0.4) is 0 Å². The van der Waals surface area contributed by atoms with Gasteiger partial charge in [0, 0.05) is 11.0 Å². The molecule has 2 N–H and O–H groups in total. The van der Waals surface area contributed by atoms with Crippen LogP contribution in [0.15, 0.2) is 22.7 Å². The van der Waals surface area contributed by atoms with Crippen molar-refractivity contribution in [3.8, 4) is 0 Å². The number of aliphatic hydroxyl groups excluding tert-OH is 1. The normalized spacial score (nSPS) is 15.7. The van der Waals surface area contributed by atoms with Crippen LogP contribution in [-0.4, -0.2) is 42.5 Å². The van der Waals surface area contributed by atoms with Gasteiger partial charge in [-0.2, -0.15) is 0 Å². The second-order valence-corrected chi connectivity index (χ2v) is 5.68. The van der Waals surface area contributed by atoms with Gasteiger partial charge in [-0.1, -0.05) is 22.9 Å². The van der Waals surface area contributed by atoms with Crippen LogP contribution in [0.1, 0.15) is 23.7 Å². The Labute approximate surface area is 126 Å². The molecule has 0 fully saturated rings. The Hall–Kier alpha value is -1.24. The average molecular weight is 341 g/mol. The minimum absolute atomic E-state index is 0.116. The number of hydrogen-bond donors (Lipinski definition) is 2. The first-order valence-corrected chi connectivity index (χ1v) is 7.38. The van der Waals surface area contributed by atoms with Crippen molar-refractivity contribution in [3.63, 3.8) is 0 Å². The number of nitrogens with one attached hydrogen (secondary N) is 1. The Morgan fingerprint density at radius 3 is 2.85 bits per heavy atom. The van der Waals surface area contributed by atoms with E-state index in [-0.39, 0.29) is 6.54 Å². The molecule has 1 aliphatic heterocycles. The predicted molar refractivity (Wildman–Crippen MR) is 80.0 cm³/mol. The van der Waals surface area contributed by atoms with Gasteiger partial charge in [0.25, 0.3) is 11.7 Å². The molecule has 1 unspecified atom stereocenters. The quantitative estimate of drug-likeness (QED) is 0.605. The van der Waals surface area contributed by atoms with Crippen molar-refractivity contribution >= 4 is 33.3 Å². The fourth-order valence-electron chi connectivity index (χ4n) is 2.17. The van der Waals surface area contributed by atoms with Crippen molar-refractivity contribution < 1.29 is 14.7 Å². The molecule has 1 atom stereocenters. The van der Waals surface area contributed by atoms with Gasteiger partial charge in [-0.15, -0.1) is 0 Å². The molecular formula is C14H17BrN2O3. The number of carbonyl (C=O) groups excluding carboxylic acids is 2. The third-order valence-electron chi connectivity index (χ3n) is 3.13. The maximum Gasteiger partial charge on any atom is 0.299 e. The molecule has 0 bridgehead atoms. The minimum atomic E-state index is -0.705. The number of ketones is 1. The Kier molecular flexibility index (Phi) is 4.91. The molecule has 1 aromatic rings. The number of nitrogens with zero attached hydrogens (tertiary/aromatic N) is 1. The molecule has 1 aromatic carbocycles. The molecule has 0 saturated heterocycles. The molecule has 0 saturated carbocycles. The van der Waals surface area contributed by atoms with Crippen molar-refractivity contribution in [2.24, 2.45) is 0 Å². The average Bonchev–Trinajstić information content (AvgIpc) is 2.64. The highest BCUT2D eigenvalue weighted by Gasteiger charge is 2.36. The minimum Gasteiger partial charge on any atom is -0.390 e. The summed E-state index contributed by atoms with van der Waals surface area (Å²) in [7, 11) is 0. The van der Waals surface area contributed by atoms with E-state index in [0.717, 1.165) is 17.4 Å². The Bertz CT molecular complexity index is 533. The first kappa shape index (κ1) is 15.2. The summed E-state index contributed by atoms with van der Waals surface area (Å²) in [5.41, 5.74) is 0.954. The zero-order valence-corrected chi connectivity index (χ0v) is 12.8. The first-order valence-electron chi connectivity index (χ1n) is 6.59. The molecule has 0 spiro atoms. The van der Waals surface area contributed by atoms with Crippen LogP contribution in [0.2, 0.25) is 0 Å². The number of halogens is 1. The number of carbonyl (C=O) groups is 2. The molecule has 20 heavy (non-hydrogen) atoms. The van der Waals surface area contributed by atoms with Crippen LogP contribution < -0.4 is 10.2 Å². The van der Waals surface area contributed by atoms with E-state index in [1.54, 1.807) is 18.2 Å². The van der Waals surface area contributed by atoms with E-state index in [2.05, 4.69) is 21.2 Å². The largest absolute Gasteiger partial charge is 0.390 e. The summed E-state index contributed by atoms with van der Waals surface area (Å²) in [4.78, 5) is 25.2.